The van der Waals surface area contributed by atoms with E-state index in [-0.39, 0.29) is 6.10 Å². The molecule has 0 spiro atoms. The van der Waals surface area contributed by atoms with Crippen molar-refractivity contribution in [1.82, 2.24) is 0 Å². The Balaban J connectivity index is 2.35. The first kappa shape index (κ1) is 12.3. The molecule has 0 aromatic rings. The van der Waals surface area contributed by atoms with Gasteiger partial charge in [-0.15, -0.1) is 11.8 Å². The van der Waals surface area contributed by atoms with Gasteiger partial charge in [-0.25, -0.2) is 4.79 Å². The lowest BCUT2D eigenvalue weighted by atomic mass is 10.5. The fraction of sp³-hybridized carbons (Fsp3) is 0.778. The highest BCUT2D eigenvalue weighted by molar-refractivity contribution is 8.00. The normalized spacial score (nSPS) is 25.3. The van der Waals surface area contributed by atoms with Gasteiger partial charge in [-0.3, -0.25) is 4.79 Å². The van der Waals surface area contributed by atoms with Gasteiger partial charge in [0.1, 0.15) is 0 Å². The molecule has 0 radical (unpaired) electrons. The van der Waals surface area contributed by atoms with Crippen LogP contribution in [0.15, 0.2) is 0 Å². The van der Waals surface area contributed by atoms with Crippen molar-refractivity contribution in [2.45, 2.75) is 38.6 Å². The van der Waals surface area contributed by atoms with Crippen molar-refractivity contribution >= 4 is 23.7 Å². The molecule has 1 fully saturated rings. The van der Waals surface area contributed by atoms with E-state index in [4.69, 9.17) is 14.2 Å². The van der Waals surface area contributed by atoms with Crippen molar-refractivity contribution < 1.29 is 23.8 Å². The zero-order chi connectivity index (χ0) is 11.4. The van der Waals surface area contributed by atoms with Gasteiger partial charge in [0.2, 0.25) is 11.7 Å². The monoisotopic (exact) mass is 234 g/mol. The number of hydrogen-bond acceptors (Lipinski definition) is 6. The van der Waals surface area contributed by atoms with Crippen molar-refractivity contribution in [3.05, 3.63) is 0 Å². The maximum absolute atomic E-state index is 11.4. The first-order valence-corrected chi connectivity index (χ1v) is 5.68. The zero-order valence-electron chi connectivity index (χ0n) is 8.89. The van der Waals surface area contributed by atoms with Crippen LogP contribution in [-0.4, -0.2) is 35.5 Å². The largest absolute Gasteiger partial charge is 0.460 e. The third kappa shape index (κ3) is 4.09. The van der Waals surface area contributed by atoms with Crippen molar-refractivity contribution in [2.75, 3.05) is 5.75 Å². The van der Waals surface area contributed by atoms with E-state index in [9.17, 15) is 9.59 Å². The molecule has 0 saturated carbocycles. The third-order valence-electron chi connectivity index (χ3n) is 1.50. The first-order chi connectivity index (χ1) is 6.99. The molecule has 0 N–H and O–H groups in total. The molecule has 1 rings (SSSR count). The molecule has 86 valence electrons. The Hall–Kier alpha value is -0.750. The van der Waals surface area contributed by atoms with E-state index in [1.165, 1.54) is 18.7 Å². The lowest BCUT2D eigenvalue weighted by molar-refractivity contribution is -0.181. The van der Waals surface area contributed by atoms with E-state index in [0.29, 0.717) is 5.75 Å². The Morgan fingerprint density at radius 1 is 1.47 bits per heavy atom. The number of rotatable bonds is 3. The second-order valence-electron chi connectivity index (χ2n) is 3.33. The van der Waals surface area contributed by atoms with Gasteiger partial charge in [-0.05, 0) is 13.8 Å². The molecule has 0 amide bonds. The van der Waals surface area contributed by atoms with Crippen molar-refractivity contribution in [3.63, 3.8) is 0 Å². The Morgan fingerprint density at radius 2 is 2.13 bits per heavy atom. The average molecular weight is 234 g/mol. The van der Waals surface area contributed by atoms with Crippen molar-refractivity contribution in [1.29, 1.82) is 0 Å². The van der Waals surface area contributed by atoms with Gasteiger partial charge >= 0.3 is 11.9 Å². The smallest absolute Gasteiger partial charge is 0.346 e. The molecule has 1 heterocycles. The molecule has 6 heteroatoms. The Kier molecular flexibility index (Phi) is 4.41. The molecule has 5 nitrogen and oxygen atoms in total. The molecular formula is C9H14O5S. The molecular weight excluding hydrogens is 220 g/mol. The molecule has 0 bridgehead atoms. The third-order valence-corrected chi connectivity index (χ3v) is 2.57. The fourth-order valence-corrected chi connectivity index (χ4v) is 1.91. The molecule has 15 heavy (non-hydrogen) atoms. The molecule has 0 aromatic carbocycles. The van der Waals surface area contributed by atoms with Gasteiger partial charge in [0.05, 0.1) is 11.9 Å². The summed E-state index contributed by atoms with van der Waals surface area (Å²) in [6.45, 7) is 4.83. The van der Waals surface area contributed by atoms with Gasteiger partial charge < -0.3 is 14.2 Å². The summed E-state index contributed by atoms with van der Waals surface area (Å²) in [6.07, 6.45) is -0.813. The number of hydrogen-bond donors (Lipinski definition) is 0. The van der Waals surface area contributed by atoms with Crippen LogP contribution in [-0.2, 0) is 23.8 Å². The number of carbonyl (C=O) groups is 2. The van der Waals surface area contributed by atoms with E-state index in [2.05, 4.69) is 0 Å². The number of thioether (sulfide) groups is 1. The number of ether oxygens (including phenoxy) is 3. The van der Waals surface area contributed by atoms with Gasteiger partial charge in [-0.2, -0.15) is 0 Å². The summed E-state index contributed by atoms with van der Waals surface area (Å²) in [5.74, 6) is -0.389. The zero-order valence-corrected chi connectivity index (χ0v) is 9.71. The predicted octanol–water partition coefficient (Wildman–Crippen LogP) is 0.917. The second kappa shape index (κ2) is 5.37. The first-order valence-electron chi connectivity index (χ1n) is 4.64. The lowest BCUT2D eigenvalue weighted by Crippen LogP contribution is -2.26. The summed E-state index contributed by atoms with van der Waals surface area (Å²) in [6, 6.07) is 0. The van der Waals surface area contributed by atoms with Crippen LogP contribution in [0.3, 0.4) is 0 Å². The summed E-state index contributed by atoms with van der Waals surface area (Å²) in [7, 11) is 0. The quantitative estimate of drug-likeness (QED) is 0.677. The SMILES string of the molecule is CC(=O)O[C@@H]1CS[C@@H](C(=O)OC(C)C)O1. The molecule has 1 aliphatic heterocycles. The molecule has 0 aliphatic carbocycles. The van der Waals surface area contributed by atoms with Gasteiger partial charge in [0.25, 0.3) is 0 Å². The minimum Gasteiger partial charge on any atom is -0.460 e. The Labute approximate surface area is 92.4 Å². The van der Waals surface area contributed by atoms with Crippen LogP contribution in [0.1, 0.15) is 20.8 Å². The van der Waals surface area contributed by atoms with E-state index >= 15 is 0 Å². The molecule has 1 saturated heterocycles. The van der Waals surface area contributed by atoms with Crippen LogP contribution < -0.4 is 0 Å². The van der Waals surface area contributed by atoms with Crippen LogP contribution in [0, 0.1) is 0 Å². The highest BCUT2D eigenvalue weighted by atomic mass is 32.2. The van der Waals surface area contributed by atoms with E-state index in [0.717, 1.165) is 0 Å². The maximum atomic E-state index is 11.4. The average Bonchev–Trinajstić information content (AvgIpc) is 2.50. The van der Waals surface area contributed by atoms with Crippen molar-refractivity contribution in [3.8, 4) is 0 Å². The fourth-order valence-electron chi connectivity index (χ4n) is 1.04. The van der Waals surface area contributed by atoms with Crippen molar-refractivity contribution in [2.24, 2.45) is 0 Å². The Bertz CT molecular complexity index is 253. The lowest BCUT2D eigenvalue weighted by Gasteiger charge is -2.13. The van der Waals surface area contributed by atoms with Gasteiger partial charge in [0.15, 0.2) is 0 Å². The van der Waals surface area contributed by atoms with Crippen LogP contribution in [0.25, 0.3) is 0 Å². The Morgan fingerprint density at radius 3 is 2.67 bits per heavy atom. The highest BCUT2D eigenvalue weighted by Crippen LogP contribution is 2.27. The van der Waals surface area contributed by atoms with E-state index < -0.39 is 23.7 Å². The minimum absolute atomic E-state index is 0.172. The minimum atomic E-state index is -0.684. The topological polar surface area (TPSA) is 61.8 Å². The maximum Gasteiger partial charge on any atom is 0.346 e. The summed E-state index contributed by atoms with van der Waals surface area (Å²) in [4.78, 5) is 22.0. The molecule has 0 unspecified atom stereocenters. The standard InChI is InChI=1S/C9H14O5S/c1-5(2)12-8(11)9-14-7(4-15-9)13-6(3)10/h5,7,9H,4H2,1-3H3/t7-,9-/m0/s1. The number of carbonyl (C=O) groups excluding carboxylic acids is 2. The summed E-state index contributed by atoms with van der Waals surface area (Å²) in [5, 5.41) is 0. The van der Waals surface area contributed by atoms with Crippen LogP contribution in [0.2, 0.25) is 0 Å². The number of esters is 2. The summed E-state index contributed by atoms with van der Waals surface area (Å²) in [5.41, 5.74) is -0.684. The molecule has 0 aromatic heterocycles. The molecule has 1 aliphatic rings. The predicted molar refractivity (Wildman–Crippen MR) is 54.1 cm³/mol. The van der Waals surface area contributed by atoms with E-state index in [1.54, 1.807) is 13.8 Å². The van der Waals surface area contributed by atoms with Crippen LogP contribution >= 0.6 is 11.8 Å². The van der Waals surface area contributed by atoms with Crippen LogP contribution in [0.5, 0.6) is 0 Å². The summed E-state index contributed by atoms with van der Waals surface area (Å²) < 4.78 is 14.9. The second-order valence-corrected chi connectivity index (χ2v) is 4.42. The molecule has 2 atom stereocenters. The van der Waals surface area contributed by atoms with Gasteiger partial charge in [0, 0.05) is 6.92 Å². The van der Waals surface area contributed by atoms with Crippen LogP contribution in [0.4, 0.5) is 0 Å². The van der Waals surface area contributed by atoms with E-state index in [1.807, 2.05) is 0 Å². The van der Waals surface area contributed by atoms with Gasteiger partial charge in [-0.1, -0.05) is 0 Å². The summed E-state index contributed by atoms with van der Waals surface area (Å²) >= 11 is 1.27. The highest BCUT2D eigenvalue weighted by Gasteiger charge is 2.34.